The van der Waals surface area contributed by atoms with Gasteiger partial charge in [-0.1, -0.05) is 54.6 Å². The number of hydrogen-bond acceptors (Lipinski definition) is 5. The highest BCUT2D eigenvalue weighted by atomic mass is 32.2. The molecular weight excluding hydrogens is 450 g/mol. The van der Waals surface area contributed by atoms with Crippen LogP contribution in [0.3, 0.4) is 0 Å². The standard InChI is InChI=1S/C26H29N3O4S/c1-19(21-12-14-22(15-13-21)34(2,32)33)28-18-25(30)29-24-11-7-6-10-23(24)26(31)27-17-16-20-8-4-3-5-9-20/h3-15,19,28H,16-18H2,1-2H3,(H,27,31)(H,29,30)/t19-/m1/s1. The number of hydrogen-bond donors (Lipinski definition) is 3. The Morgan fingerprint density at radius 3 is 2.21 bits per heavy atom. The van der Waals surface area contributed by atoms with E-state index in [4.69, 9.17) is 0 Å². The lowest BCUT2D eigenvalue weighted by atomic mass is 10.1. The summed E-state index contributed by atoms with van der Waals surface area (Å²) in [4.78, 5) is 25.4. The molecule has 0 aliphatic rings. The first-order valence-corrected chi connectivity index (χ1v) is 12.9. The predicted molar refractivity (Wildman–Crippen MR) is 134 cm³/mol. The number of nitrogens with one attached hydrogen (secondary N) is 3. The number of para-hydroxylation sites is 1. The first-order valence-electron chi connectivity index (χ1n) is 11.0. The van der Waals surface area contributed by atoms with E-state index in [1.54, 1.807) is 48.5 Å². The molecule has 0 spiro atoms. The predicted octanol–water partition coefficient (Wildman–Crippen LogP) is 3.35. The monoisotopic (exact) mass is 479 g/mol. The van der Waals surface area contributed by atoms with Crippen LogP contribution in [0, 0.1) is 0 Å². The van der Waals surface area contributed by atoms with Crippen molar-refractivity contribution in [1.82, 2.24) is 10.6 Å². The van der Waals surface area contributed by atoms with Crippen LogP contribution in [0.1, 0.15) is 34.5 Å². The van der Waals surface area contributed by atoms with Gasteiger partial charge in [0.1, 0.15) is 0 Å². The minimum absolute atomic E-state index is 0.0267. The molecule has 0 bridgehead atoms. The highest BCUT2D eigenvalue weighted by molar-refractivity contribution is 7.90. The van der Waals surface area contributed by atoms with Gasteiger partial charge in [0.25, 0.3) is 5.91 Å². The number of benzene rings is 3. The lowest BCUT2D eigenvalue weighted by molar-refractivity contribution is -0.115. The van der Waals surface area contributed by atoms with Crippen LogP contribution in [0.2, 0.25) is 0 Å². The summed E-state index contributed by atoms with van der Waals surface area (Å²) in [7, 11) is -3.25. The maximum atomic E-state index is 12.7. The van der Waals surface area contributed by atoms with E-state index in [2.05, 4.69) is 16.0 Å². The summed E-state index contributed by atoms with van der Waals surface area (Å²) in [5.74, 6) is -0.539. The van der Waals surface area contributed by atoms with Gasteiger partial charge in [0, 0.05) is 18.8 Å². The molecule has 178 valence electrons. The second-order valence-electron chi connectivity index (χ2n) is 8.03. The summed E-state index contributed by atoms with van der Waals surface area (Å²) in [6.07, 6.45) is 1.88. The summed E-state index contributed by atoms with van der Waals surface area (Å²) in [5, 5.41) is 8.81. The van der Waals surface area contributed by atoms with Gasteiger partial charge < -0.3 is 16.0 Å². The molecule has 0 unspecified atom stereocenters. The van der Waals surface area contributed by atoms with Crippen molar-refractivity contribution >= 4 is 27.3 Å². The largest absolute Gasteiger partial charge is 0.352 e. The Hall–Kier alpha value is -3.49. The second kappa shape index (κ2) is 11.6. The molecule has 0 aliphatic carbocycles. The third-order valence-electron chi connectivity index (χ3n) is 5.36. The molecule has 2 amide bonds. The van der Waals surface area contributed by atoms with Crippen molar-refractivity contribution in [1.29, 1.82) is 0 Å². The van der Waals surface area contributed by atoms with Gasteiger partial charge in [-0.15, -0.1) is 0 Å². The zero-order valence-electron chi connectivity index (χ0n) is 19.2. The van der Waals surface area contributed by atoms with Gasteiger partial charge in [-0.3, -0.25) is 9.59 Å². The molecule has 0 radical (unpaired) electrons. The summed E-state index contributed by atoms with van der Waals surface area (Å²) in [5.41, 5.74) is 2.83. The highest BCUT2D eigenvalue weighted by Gasteiger charge is 2.14. The van der Waals surface area contributed by atoms with E-state index in [-0.39, 0.29) is 29.3 Å². The molecule has 3 aromatic carbocycles. The number of sulfone groups is 1. The van der Waals surface area contributed by atoms with Crippen LogP contribution in [-0.4, -0.2) is 39.6 Å². The maximum absolute atomic E-state index is 12.7. The van der Waals surface area contributed by atoms with Crippen molar-refractivity contribution in [3.05, 3.63) is 95.6 Å². The Bertz CT molecular complexity index is 1230. The molecule has 7 nitrogen and oxygen atoms in total. The molecule has 34 heavy (non-hydrogen) atoms. The first kappa shape index (κ1) is 25.1. The molecule has 0 fully saturated rings. The summed E-state index contributed by atoms with van der Waals surface area (Å²) in [6.45, 7) is 2.40. The minimum atomic E-state index is -3.25. The van der Waals surface area contributed by atoms with Crippen LogP contribution in [0.4, 0.5) is 5.69 Å². The van der Waals surface area contributed by atoms with E-state index in [0.29, 0.717) is 24.2 Å². The fraction of sp³-hybridized carbons (Fsp3) is 0.231. The zero-order valence-corrected chi connectivity index (χ0v) is 20.1. The Morgan fingerprint density at radius 2 is 1.53 bits per heavy atom. The number of amides is 2. The number of rotatable bonds is 10. The molecule has 0 aromatic heterocycles. The van der Waals surface area contributed by atoms with Gasteiger partial charge in [-0.25, -0.2) is 8.42 Å². The van der Waals surface area contributed by atoms with Crippen LogP contribution < -0.4 is 16.0 Å². The van der Waals surface area contributed by atoms with Crippen LogP contribution in [-0.2, 0) is 21.1 Å². The molecule has 3 rings (SSSR count). The van der Waals surface area contributed by atoms with Crippen LogP contribution in [0.15, 0.2) is 83.8 Å². The quantitative estimate of drug-likeness (QED) is 0.414. The molecule has 0 saturated carbocycles. The van der Waals surface area contributed by atoms with Crippen LogP contribution in [0.5, 0.6) is 0 Å². The molecule has 0 heterocycles. The lowest BCUT2D eigenvalue weighted by Crippen LogP contribution is -2.31. The Balaban J connectivity index is 1.53. The Morgan fingerprint density at radius 1 is 0.882 bits per heavy atom. The highest BCUT2D eigenvalue weighted by Crippen LogP contribution is 2.17. The number of anilines is 1. The molecule has 0 saturated heterocycles. The van der Waals surface area contributed by atoms with Gasteiger partial charge >= 0.3 is 0 Å². The SMILES string of the molecule is C[C@@H](NCC(=O)Nc1ccccc1C(=O)NCCc1ccccc1)c1ccc(S(C)(=O)=O)cc1. The topological polar surface area (TPSA) is 104 Å². The van der Waals surface area contributed by atoms with E-state index in [9.17, 15) is 18.0 Å². The third kappa shape index (κ3) is 7.26. The zero-order chi connectivity index (χ0) is 24.6. The summed E-state index contributed by atoms with van der Waals surface area (Å²) < 4.78 is 23.2. The molecule has 3 N–H and O–H groups in total. The second-order valence-corrected chi connectivity index (χ2v) is 10.0. The minimum Gasteiger partial charge on any atom is -0.352 e. The normalized spacial score (nSPS) is 12.1. The molecular formula is C26H29N3O4S. The Kier molecular flexibility index (Phi) is 8.56. The van der Waals surface area contributed by atoms with E-state index < -0.39 is 9.84 Å². The van der Waals surface area contributed by atoms with Crippen molar-refractivity contribution in [3.63, 3.8) is 0 Å². The van der Waals surface area contributed by atoms with Crippen LogP contribution >= 0.6 is 0 Å². The Labute approximate surface area is 200 Å². The van der Waals surface area contributed by atoms with E-state index in [1.807, 2.05) is 37.3 Å². The summed E-state index contributed by atoms with van der Waals surface area (Å²) >= 11 is 0. The van der Waals surface area contributed by atoms with Gasteiger partial charge in [0.15, 0.2) is 9.84 Å². The number of carbonyl (C=O) groups is 2. The van der Waals surface area contributed by atoms with Gasteiger partial charge in [0.2, 0.25) is 5.91 Å². The molecule has 0 aliphatic heterocycles. The molecule has 1 atom stereocenters. The summed E-state index contributed by atoms with van der Waals surface area (Å²) in [6, 6.07) is 23.1. The van der Waals surface area contributed by atoms with Crippen molar-refractivity contribution in [3.8, 4) is 0 Å². The fourth-order valence-corrected chi connectivity index (χ4v) is 4.04. The molecule has 3 aromatic rings. The average Bonchev–Trinajstić information content (AvgIpc) is 2.83. The van der Waals surface area contributed by atoms with Crippen molar-refractivity contribution in [2.24, 2.45) is 0 Å². The van der Waals surface area contributed by atoms with Crippen molar-refractivity contribution in [2.45, 2.75) is 24.3 Å². The van der Waals surface area contributed by atoms with E-state index in [0.717, 1.165) is 17.4 Å². The van der Waals surface area contributed by atoms with Crippen molar-refractivity contribution in [2.75, 3.05) is 24.7 Å². The van der Waals surface area contributed by atoms with Crippen LogP contribution in [0.25, 0.3) is 0 Å². The smallest absolute Gasteiger partial charge is 0.253 e. The number of carbonyl (C=O) groups excluding carboxylic acids is 2. The lowest BCUT2D eigenvalue weighted by Gasteiger charge is -2.16. The van der Waals surface area contributed by atoms with Crippen molar-refractivity contribution < 1.29 is 18.0 Å². The molecule has 8 heteroatoms. The van der Waals surface area contributed by atoms with Gasteiger partial charge in [0.05, 0.1) is 22.7 Å². The average molecular weight is 480 g/mol. The van der Waals surface area contributed by atoms with Gasteiger partial charge in [-0.2, -0.15) is 0 Å². The van der Waals surface area contributed by atoms with Gasteiger partial charge in [-0.05, 0) is 48.7 Å². The fourth-order valence-electron chi connectivity index (χ4n) is 3.41. The maximum Gasteiger partial charge on any atom is 0.253 e. The third-order valence-corrected chi connectivity index (χ3v) is 6.49. The van der Waals surface area contributed by atoms with E-state index >= 15 is 0 Å². The van der Waals surface area contributed by atoms with E-state index in [1.165, 1.54) is 0 Å². The first-order chi connectivity index (χ1) is 16.2.